The Bertz CT molecular complexity index is 1240. The second-order valence-corrected chi connectivity index (χ2v) is 11.0. The van der Waals surface area contributed by atoms with Gasteiger partial charge in [0, 0.05) is 39.3 Å². The molecule has 2 unspecified atom stereocenters. The maximum atomic E-state index is 13.3. The molecule has 0 saturated carbocycles. The topological polar surface area (TPSA) is 64.2 Å². The van der Waals surface area contributed by atoms with Gasteiger partial charge in [-0.15, -0.1) is 0 Å². The lowest BCUT2D eigenvalue weighted by atomic mass is 9.87. The Morgan fingerprint density at radius 3 is 2.79 bits per heavy atom. The summed E-state index contributed by atoms with van der Waals surface area (Å²) in [5.74, 6) is 1.95. The number of hydrogen-bond donors (Lipinski definition) is 2. The third-order valence-electron chi connectivity index (χ3n) is 7.99. The summed E-state index contributed by atoms with van der Waals surface area (Å²) in [5, 5.41) is 6.88. The average molecular weight is 578 g/mol. The van der Waals surface area contributed by atoms with Crippen molar-refractivity contribution >= 4 is 5.69 Å². The van der Waals surface area contributed by atoms with E-state index in [0.29, 0.717) is 25.7 Å². The number of piperidine rings is 1. The van der Waals surface area contributed by atoms with Crippen LogP contribution in [0.4, 0.5) is 10.1 Å². The Hall–Kier alpha value is -3.17. The van der Waals surface area contributed by atoms with Crippen molar-refractivity contribution in [2.75, 3.05) is 71.1 Å². The number of fused-ring (bicyclic) bond motifs is 1. The molecule has 2 atom stereocenters. The summed E-state index contributed by atoms with van der Waals surface area (Å²) in [6.07, 6.45) is 2.91. The fraction of sp³-hybridized carbons (Fsp3) is 0.471. The molecule has 42 heavy (non-hydrogen) atoms. The van der Waals surface area contributed by atoms with Gasteiger partial charge in [0.05, 0.1) is 24.9 Å². The van der Waals surface area contributed by atoms with Crippen LogP contribution in [-0.2, 0) is 22.5 Å². The summed E-state index contributed by atoms with van der Waals surface area (Å²) in [5.41, 5.74) is 4.59. The van der Waals surface area contributed by atoms with Crippen LogP contribution in [0.1, 0.15) is 35.4 Å². The van der Waals surface area contributed by atoms with Crippen molar-refractivity contribution in [1.82, 2.24) is 10.6 Å². The molecule has 1 fully saturated rings. The van der Waals surface area contributed by atoms with Crippen molar-refractivity contribution in [3.05, 3.63) is 89.2 Å². The van der Waals surface area contributed by atoms with Gasteiger partial charge in [0.2, 0.25) is 0 Å². The smallest absolute Gasteiger partial charge is 0.142 e. The molecule has 0 aromatic heterocycles. The monoisotopic (exact) mass is 577 g/mol. The van der Waals surface area contributed by atoms with Gasteiger partial charge < -0.3 is 34.5 Å². The average Bonchev–Trinajstić information content (AvgIpc) is 3.02. The largest absolute Gasteiger partial charge is 0.492 e. The van der Waals surface area contributed by atoms with Crippen LogP contribution in [0.5, 0.6) is 11.5 Å². The predicted molar refractivity (Wildman–Crippen MR) is 164 cm³/mol. The highest BCUT2D eigenvalue weighted by atomic mass is 19.1. The van der Waals surface area contributed by atoms with E-state index in [-0.39, 0.29) is 11.9 Å². The van der Waals surface area contributed by atoms with E-state index in [0.717, 1.165) is 93.5 Å². The molecular weight excluding hydrogens is 533 g/mol. The molecule has 0 amide bonds. The van der Waals surface area contributed by atoms with Crippen molar-refractivity contribution < 1.29 is 23.3 Å². The van der Waals surface area contributed by atoms with Gasteiger partial charge in [-0.05, 0) is 85.4 Å². The summed E-state index contributed by atoms with van der Waals surface area (Å²) in [6, 6.07) is 21.6. The first-order valence-corrected chi connectivity index (χ1v) is 15.2. The highest BCUT2D eigenvalue weighted by molar-refractivity contribution is 5.61. The zero-order chi connectivity index (χ0) is 29.0. The minimum Gasteiger partial charge on any atom is -0.492 e. The first-order chi connectivity index (χ1) is 20.7. The molecule has 2 N–H and O–H groups in total. The van der Waals surface area contributed by atoms with E-state index in [9.17, 15) is 4.39 Å². The Kier molecular flexibility index (Phi) is 11.5. The van der Waals surface area contributed by atoms with Gasteiger partial charge in [0.1, 0.15) is 30.5 Å². The number of halogens is 1. The lowest BCUT2D eigenvalue weighted by molar-refractivity contribution is 0.0106. The van der Waals surface area contributed by atoms with Crippen LogP contribution in [0.3, 0.4) is 0 Å². The zero-order valence-corrected chi connectivity index (χ0v) is 24.7. The number of nitrogens with one attached hydrogen (secondary N) is 2. The fourth-order valence-corrected chi connectivity index (χ4v) is 5.73. The van der Waals surface area contributed by atoms with Gasteiger partial charge in [-0.2, -0.15) is 0 Å². The molecule has 3 aromatic rings. The van der Waals surface area contributed by atoms with E-state index in [4.69, 9.17) is 18.9 Å². The van der Waals surface area contributed by atoms with Crippen molar-refractivity contribution in [1.29, 1.82) is 0 Å². The third-order valence-corrected chi connectivity index (χ3v) is 7.99. The Balaban J connectivity index is 1.09. The van der Waals surface area contributed by atoms with Gasteiger partial charge >= 0.3 is 0 Å². The number of ether oxygens (including phenoxy) is 4. The lowest BCUT2D eigenvalue weighted by Gasteiger charge is -2.33. The second-order valence-electron chi connectivity index (χ2n) is 11.0. The van der Waals surface area contributed by atoms with Crippen LogP contribution < -0.4 is 25.0 Å². The lowest BCUT2D eigenvalue weighted by Crippen LogP contribution is -2.41. The van der Waals surface area contributed by atoms with E-state index in [1.54, 1.807) is 19.2 Å². The number of rotatable bonds is 15. The number of benzene rings is 3. The molecule has 3 aromatic carbocycles. The first kappa shape index (κ1) is 30.3. The molecule has 0 bridgehead atoms. The van der Waals surface area contributed by atoms with Crippen LogP contribution >= 0.6 is 0 Å². The van der Waals surface area contributed by atoms with Crippen LogP contribution in [0, 0.1) is 5.82 Å². The minimum absolute atomic E-state index is 0.0953. The molecule has 2 heterocycles. The number of hydrogen-bond acceptors (Lipinski definition) is 7. The Labute approximate surface area is 249 Å². The SMILES string of the molecule is COCCCN1CCOc2ccc(COC3CNCCC3c3ccc(OCCNCCc4cccc(F)c4)cc3)cc21. The van der Waals surface area contributed by atoms with Crippen LogP contribution in [-0.4, -0.2) is 72.3 Å². The molecule has 2 aliphatic rings. The van der Waals surface area contributed by atoms with Crippen LogP contribution in [0.2, 0.25) is 0 Å². The van der Waals surface area contributed by atoms with Gasteiger partial charge in [0.15, 0.2) is 0 Å². The van der Waals surface area contributed by atoms with Crippen LogP contribution in [0.15, 0.2) is 66.7 Å². The quantitative estimate of drug-likeness (QED) is 0.248. The van der Waals surface area contributed by atoms with Crippen LogP contribution in [0.25, 0.3) is 0 Å². The van der Waals surface area contributed by atoms with E-state index < -0.39 is 0 Å². The molecule has 7 nitrogen and oxygen atoms in total. The van der Waals surface area contributed by atoms with Gasteiger partial charge in [0.25, 0.3) is 0 Å². The third kappa shape index (κ3) is 8.67. The molecule has 0 spiro atoms. The summed E-state index contributed by atoms with van der Waals surface area (Å²) >= 11 is 0. The Morgan fingerprint density at radius 1 is 1.02 bits per heavy atom. The van der Waals surface area contributed by atoms with Crippen molar-refractivity contribution in [2.45, 2.75) is 37.9 Å². The predicted octanol–water partition coefficient (Wildman–Crippen LogP) is 4.93. The number of anilines is 1. The van der Waals surface area contributed by atoms with Gasteiger partial charge in [-0.1, -0.05) is 30.3 Å². The van der Waals surface area contributed by atoms with Crippen molar-refractivity contribution in [2.24, 2.45) is 0 Å². The van der Waals surface area contributed by atoms with Gasteiger partial charge in [-0.3, -0.25) is 0 Å². The standard InChI is InChI=1S/C34H44FN3O4/c1-39-19-3-17-38-18-21-41-33-11-6-27(23-32(33)38)25-42-34-24-37-15-13-31(34)28-7-9-30(10-8-28)40-20-16-36-14-12-26-4-2-5-29(35)22-26/h2,4-11,22-23,31,34,36-37H,3,12-21,24-25H2,1H3. The molecular formula is C34H44FN3O4. The highest BCUT2D eigenvalue weighted by Crippen LogP contribution is 2.34. The summed E-state index contributed by atoms with van der Waals surface area (Å²) < 4.78 is 36.9. The van der Waals surface area contributed by atoms with Crippen molar-refractivity contribution in [3.8, 4) is 11.5 Å². The molecule has 1 saturated heterocycles. The van der Waals surface area contributed by atoms with E-state index in [2.05, 4.69) is 58.0 Å². The molecule has 0 aliphatic carbocycles. The molecule has 226 valence electrons. The first-order valence-electron chi connectivity index (χ1n) is 15.2. The van der Waals surface area contributed by atoms with E-state index in [1.165, 1.54) is 11.6 Å². The Morgan fingerprint density at radius 2 is 1.93 bits per heavy atom. The van der Waals surface area contributed by atoms with E-state index >= 15 is 0 Å². The minimum atomic E-state index is -0.187. The zero-order valence-electron chi connectivity index (χ0n) is 24.7. The fourth-order valence-electron chi connectivity index (χ4n) is 5.73. The number of nitrogens with zero attached hydrogens (tertiary/aromatic N) is 1. The second kappa shape index (κ2) is 15.9. The molecule has 8 heteroatoms. The maximum Gasteiger partial charge on any atom is 0.142 e. The normalized spacial score (nSPS) is 18.4. The van der Waals surface area contributed by atoms with Crippen molar-refractivity contribution in [3.63, 3.8) is 0 Å². The summed E-state index contributed by atoms with van der Waals surface area (Å²) in [7, 11) is 1.75. The summed E-state index contributed by atoms with van der Waals surface area (Å²) in [6.45, 7) is 7.80. The molecule has 2 aliphatic heterocycles. The summed E-state index contributed by atoms with van der Waals surface area (Å²) in [4.78, 5) is 2.39. The molecule has 0 radical (unpaired) electrons. The number of methoxy groups -OCH3 is 1. The molecule has 5 rings (SSSR count). The highest BCUT2D eigenvalue weighted by Gasteiger charge is 2.27. The van der Waals surface area contributed by atoms with E-state index in [1.807, 2.05) is 6.07 Å². The van der Waals surface area contributed by atoms with Gasteiger partial charge in [-0.25, -0.2) is 4.39 Å². The maximum absolute atomic E-state index is 13.3.